The molecule has 1 aliphatic carbocycles. The van der Waals surface area contributed by atoms with Crippen LogP contribution in [0.2, 0.25) is 0 Å². The highest BCUT2D eigenvalue weighted by molar-refractivity contribution is 5.03. The molecule has 1 fully saturated rings. The molecule has 108 valence electrons. The molecule has 19 heavy (non-hydrogen) atoms. The number of aliphatic hydroxyl groups is 1. The SMILES string of the molecule is C[C@H](NCc1cnn(CCO)c1)C1CCCCCC1. The van der Waals surface area contributed by atoms with Crippen molar-refractivity contribution in [2.24, 2.45) is 5.92 Å². The second-order valence-corrected chi connectivity index (χ2v) is 5.76. The first kappa shape index (κ1) is 14.5. The van der Waals surface area contributed by atoms with Crippen molar-refractivity contribution in [1.29, 1.82) is 0 Å². The average Bonchev–Trinajstić information content (AvgIpc) is 2.69. The minimum atomic E-state index is 0.146. The van der Waals surface area contributed by atoms with Crippen LogP contribution in [0.15, 0.2) is 12.4 Å². The number of nitrogens with zero attached hydrogens (tertiary/aromatic N) is 2. The van der Waals surface area contributed by atoms with Crippen LogP contribution in [-0.2, 0) is 13.1 Å². The summed E-state index contributed by atoms with van der Waals surface area (Å²) in [4.78, 5) is 0. The molecule has 1 saturated carbocycles. The first-order chi connectivity index (χ1) is 9.29. The maximum atomic E-state index is 8.87. The molecule has 1 aromatic heterocycles. The molecule has 1 aliphatic rings. The van der Waals surface area contributed by atoms with Gasteiger partial charge >= 0.3 is 0 Å². The predicted molar refractivity (Wildman–Crippen MR) is 76.8 cm³/mol. The van der Waals surface area contributed by atoms with Crippen LogP contribution in [0.4, 0.5) is 0 Å². The molecule has 0 amide bonds. The summed E-state index contributed by atoms with van der Waals surface area (Å²) in [6, 6.07) is 0.583. The first-order valence-electron chi connectivity index (χ1n) is 7.65. The summed E-state index contributed by atoms with van der Waals surface area (Å²) in [5.41, 5.74) is 1.20. The summed E-state index contributed by atoms with van der Waals surface area (Å²) in [6.45, 7) is 3.92. The van der Waals surface area contributed by atoms with Gasteiger partial charge in [0.2, 0.25) is 0 Å². The van der Waals surface area contributed by atoms with E-state index in [1.54, 1.807) is 4.68 Å². The lowest BCUT2D eigenvalue weighted by atomic mass is 9.93. The Morgan fingerprint density at radius 1 is 1.37 bits per heavy atom. The van der Waals surface area contributed by atoms with E-state index in [4.69, 9.17) is 5.11 Å². The second kappa shape index (κ2) is 7.65. The standard InChI is InChI=1S/C15H27N3O/c1-13(15-6-4-2-3-5-7-15)16-10-14-11-17-18(12-14)8-9-19/h11-13,15-16,19H,2-10H2,1H3/t13-/m0/s1. The summed E-state index contributed by atoms with van der Waals surface area (Å²) in [7, 11) is 0. The van der Waals surface area contributed by atoms with Crippen molar-refractivity contribution in [3.05, 3.63) is 18.0 Å². The molecule has 0 radical (unpaired) electrons. The molecule has 0 bridgehead atoms. The van der Waals surface area contributed by atoms with E-state index in [-0.39, 0.29) is 6.61 Å². The van der Waals surface area contributed by atoms with E-state index in [2.05, 4.69) is 17.3 Å². The van der Waals surface area contributed by atoms with Crippen LogP contribution >= 0.6 is 0 Å². The molecule has 2 N–H and O–H groups in total. The topological polar surface area (TPSA) is 50.1 Å². The van der Waals surface area contributed by atoms with E-state index in [1.165, 1.54) is 44.1 Å². The molecule has 4 heteroatoms. The van der Waals surface area contributed by atoms with Gasteiger partial charge in [0.25, 0.3) is 0 Å². The smallest absolute Gasteiger partial charge is 0.0640 e. The third-order valence-electron chi connectivity index (χ3n) is 4.25. The molecule has 4 nitrogen and oxygen atoms in total. The zero-order chi connectivity index (χ0) is 13.5. The number of hydrogen-bond donors (Lipinski definition) is 2. The zero-order valence-corrected chi connectivity index (χ0v) is 12.0. The molecule has 1 heterocycles. The summed E-state index contributed by atoms with van der Waals surface area (Å²) >= 11 is 0. The van der Waals surface area contributed by atoms with Crippen LogP contribution in [-0.4, -0.2) is 27.5 Å². The van der Waals surface area contributed by atoms with E-state index in [1.807, 2.05) is 12.4 Å². The fourth-order valence-electron chi connectivity index (χ4n) is 2.98. The Hall–Kier alpha value is -0.870. The van der Waals surface area contributed by atoms with Gasteiger partial charge in [-0.25, -0.2) is 0 Å². The third kappa shape index (κ3) is 4.62. The van der Waals surface area contributed by atoms with Crippen molar-refractivity contribution in [1.82, 2.24) is 15.1 Å². The van der Waals surface area contributed by atoms with Crippen LogP contribution < -0.4 is 5.32 Å². The highest BCUT2D eigenvalue weighted by Gasteiger charge is 2.18. The van der Waals surface area contributed by atoms with Crippen molar-refractivity contribution in [2.45, 2.75) is 64.6 Å². The Morgan fingerprint density at radius 2 is 2.11 bits per heavy atom. The van der Waals surface area contributed by atoms with Gasteiger partial charge in [-0.2, -0.15) is 5.10 Å². The first-order valence-corrected chi connectivity index (χ1v) is 7.65. The van der Waals surface area contributed by atoms with Gasteiger partial charge in [-0.3, -0.25) is 4.68 Å². The highest BCUT2D eigenvalue weighted by atomic mass is 16.3. The molecular formula is C15H27N3O. The van der Waals surface area contributed by atoms with Crippen LogP contribution in [0.5, 0.6) is 0 Å². The third-order valence-corrected chi connectivity index (χ3v) is 4.25. The fourth-order valence-corrected chi connectivity index (χ4v) is 2.98. The summed E-state index contributed by atoms with van der Waals surface area (Å²) < 4.78 is 1.80. The Balaban J connectivity index is 1.76. The average molecular weight is 265 g/mol. The molecule has 2 rings (SSSR count). The molecule has 1 atom stereocenters. The Kier molecular flexibility index (Phi) is 5.86. The van der Waals surface area contributed by atoms with Crippen molar-refractivity contribution in [2.75, 3.05) is 6.61 Å². The van der Waals surface area contributed by atoms with Gasteiger partial charge in [-0.05, 0) is 25.7 Å². The van der Waals surface area contributed by atoms with Gasteiger partial charge in [0, 0.05) is 24.3 Å². The predicted octanol–water partition coefficient (Wildman–Crippen LogP) is 2.32. The van der Waals surface area contributed by atoms with Gasteiger partial charge in [0.1, 0.15) is 0 Å². The van der Waals surface area contributed by atoms with Gasteiger partial charge in [0.05, 0.1) is 19.3 Å². The summed E-state index contributed by atoms with van der Waals surface area (Å²) in [5, 5.41) is 16.7. The van der Waals surface area contributed by atoms with Gasteiger partial charge in [0.15, 0.2) is 0 Å². The number of aliphatic hydroxyl groups excluding tert-OH is 1. The largest absolute Gasteiger partial charge is 0.394 e. The molecule has 0 spiro atoms. The van der Waals surface area contributed by atoms with Crippen molar-refractivity contribution < 1.29 is 5.11 Å². The maximum Gasteiger partial charge on any atom is 0.0640 e. The van der Waals surface area contributed by atoms with Crippen molar-refractivity contribution in [3.63, 3.8) is 0 Å². The monoisotopic (exact) mass is 265 g/mol. The van der Waals surface area contributed by atoms with E-state index >= 15 is 0 Å². The van der Waals surface area contributed by atoms with Gasteiger partial charge in [-0.1, -0.05) is 25.7 Å². The zero-order valence-electron chi connectivity index (χ0n) is 12.0. The lowest BCUT2D eigenvalue weighted by Crippen LogP contribution is -2.32. The quantitative estimate of drug-likeness (QED) is 0.776. The van der Waals surface area contributed by atoms with E-state index in [0.717, 1.165) is 12.5 Å². The van der Waals surface area contributed by atoms with Crippen molar-refractivity contribution in [3.8, 4) is 0 Å². The lowest BCUT2D eigenvalue weighted by molar-refractivity contribution is 0.269. The highest BCUT2D eigenvalue weighted by Crippen LogP contribution is 2.25. The molecular weight excluding hydrogens is 238 g/mol. The number of aromatic nitrogens is 2. The number of nitrogens with one attached hydrogen (secondary N) is 1. The number of rotatable bonds is 6. The summed E-state index contributed by atoms with van der Waals surface area (Å²) in [6.07, 6.45) is 12.3. The summed E-state index contributed by atoms with van der Waals surface area (Å²) in [5.74, 6) is 0.829. The maximum absolute atomic E-state index is 8.87. The Morgan fingerprint density at radius 3 is 2.79 bits per heavy atom. The molecule has 1 aromatic rings. The van der Waals surface area contributed by atoms with Crippen LogP contribution in [0, 0.1) is 5.92 Å². The van der Waals surface area contributed by atoms with Gasteiger partial charge < -0.3 is 10.4 Å². The van der Waals surface area contributed by atoms with Gasteiger partial charge in [-0.15, -0.1) is 0 Å². The minimum absolute atomic E-state index is 0.146. The van der Waals surface area contributed by atoms with Crippen LogP contribution in [0.3, 0.4) is 0 Å². The lowest BCUT2D eigenvalue weighted by Gasteiger charge is -2.23. The van der Waals surface area contributed by atoms with Crippen molar-refractivity contribution >= 4 is 0 Å². The molecule has 0 unspecified atom stereocenters. The molecule has 0 aromatic carbocycles. The molecule has 0 saturated heterocycles. The van der Waals surface area contributed by atoms with E-state index < -0.39 is 0 Å². The fraction of sp³-hybridized carbons (Fsp3) is 0.800. The number of hydrogen-bond acceptors (Lipinski definition) is 3. The van der Waals surface area contributed by atoms with E-state index in [9.17, 15) is 0 Å². The Bertz CT molecular complexity index is 356. The van der Waals surface area contributed by atoms with Crippen LogP contribution in [0.25, 0.3) is 0 Å². The van der Waals surface area contributed by atoms with E-state index in [0.29, 0.717) is 12.6 Å². The minimum Gasteiger partial charge on any atom is -0.394 e. The molecule has 0 aliphatic heterocycles. The second-order valence-electron chi connectivity index (χ2n) is 5.76. The normalized spacial score (nSPS) is 19.3. The van der Waals surface area contributed by atoms with Crippen LogP contribution in [0.1, 0.15) is 51.0 Å². The Labute approximate surface area is 116 Å².